The molecular formula is C17H29NO. The zero-order valence-electron chi connectivity index (χ0n) is 12.9. The Morgan fingerprint density at radius 1 is 1.05 bits per heavy atom. The van der Waals surface area contributed by atoms with Gasteiger partial charge in [-0.3, -0.25) is 0 Å². The van der Waals surface area contributed by atoms with Gasteiger partial charge in [0.05, 0.1) is 0 Å². The first kappa shape index (κ1) is 16.0. The van der Waals surface area contributed by atoms with Gasteiger partial charge in [-0.15, -0.1) is 0 Å². The van der Waals surface area contributed by atoms with E-state index < -0.39 is 0 Å². The maximum absolute atomic E-state index is 5.89. The van der Waals surface area contributed by atoms with Crippen LogP contribution in [0.25, 0.3) is 0 Å². The quantitative estimate of drug-likeness (QED) is 0.668. The van der Waals surface area contributed by atoms with Crippen LogP contribution in [0.5, 0.6) is 5.75 Å². The van der Waals surface area contributed by atoms with Crippen LogP contribution < -0.4 is 10.1 Å². The van der Waals surface area contributed by atoms with Crippen molar-refractivity contribution >= 4 is 0 Å². The van der Waals surface area contributed by atoms with Crippen molar-refractivity contribution in [3.05, 3.63) is 29.8 Å². The van der Waals surface area contributed by atoms with Crippen LogP contribution in [0.15, 0.2) is 24.3 Å². The first-order valence-corrected chi connectivity index (χ1v) is 7.60. The molecule has 0 aromatic heterocycles. The molecule has 0 aliphatic heterocycles. The van der Waals surface area contributed by atoms with E-state index in [1.54, 1.807) is 0 Å². The molecule has 0 spiro atoms. The fraction of sp³-hybridized carbons (Fsp3) is 0.647. The second kappa shape index (κ2) is 8.98. The van der Waals surface area contributed by atoms with Gasteiger partial charge in [-0.2, -0.15) is 0 Å². The highest BCUT2D eigenvalue weighted by Crippen LogP contribution is 2.19. The van der Waals surface area contributed by atoms with Crippen LogP contribution >= 0.6 is 0 Å². The van der Waals surface area contributed by atoms with Crippen LogP contribution in [0.2, 0.25) is 0 Å². The summed E-state index contributed by atoms with van der Waals surface area (Å²) in [5.41, 5.74) is 1.36. The van der Waals surface area contributed by atoms with Gasteiger partial charge < -0.3 is 10.1 Å². The molecule has 2 nitrogen and oxygen atoms in total. The molecule has 0 amide bonds. The smallest absolute Gasteiger partial charge is 0.119 e. The van der Waals surface area contributed by atoms with Gasteiger partial charge >= 0.3 is 0 Å². The molecule has 0 bridgehead atoms. The normalized spacial score (nSPS) is 12.7. The highest BCUT2D eigenvalue weighted by atomic mass is 16.5. The molecule has 1 rings (SSSR count). The summed E-state index contributed by atoms with van der Waals surface area (Å²) in [6.07, 6.45) is 4.05. The Balaban J connectivity index is 2.26. The van der Waals surface area contributed by atoms with Crippen molar-refractivity contribution in [2.75, 3.05) is 13.1 Å². The average molecular weight is 263 g/mol. The third-order valence-electron chi connectivity index (χ3n) is 3.27. The molecule has 108 valence electrons. The first-order chi connectivity index (χ1) is 9.13. The average Bonchev–Trinajstić information content (AvgIpc) is 2.39. The molecule has 1 aromatic rings. The molecule has 0 radical (unpaired) electrons. The lowest BCUT2D eigenvalue weighted by molar-refractivity contribution is 0.217. The van der Waals surface area contributed by atoms with Gasteiger partial charge in [-0.1, -0.05) is 45.7 Å². The van der Waals surface area contributed by atoms with Gasteiger partial charge in [-0.25, -0.2) is 0 Å². The summed E-state index contributed by atoms with van der Waals surface area (Å²) in [5.74, 6) is 1.54. The van der Waals surface area contributed by atoms with Crippen LogP contribution in [0.3, 0.4) is 0 Å². The van der Waals surface area contributed by atoms with Crippen LogP contribution in [-0.2, 0) is 0 Å². The van der Waals surface area contributed by atoms with E-state index in [0.717, 1.165) is 18.8 Å². The van der Waals surface area contributed by atoms with Crippen molar-refractivity contribution in [3.8, 4) is 5.75 Å². The molecule has 1 aromatic carbocycles. The Hall–Kier alpha value is -1.02. The van der Waals surface area contributed by atoms with E-state index in [2.05, 4.69) is 57.3 Å². The number of hydrogen-bond donors (Lipinski definition) is 1. The SMILES string of the molecule is CCCCCNCC(C)Oc1ccc(C(C)C)cc1. The van der Waals surface area contributed by atoms with Crippen molar-refractivity contribution in [1.29, 1.82) is 0 Å². The summed E-state index contributed by atoms with van der Waals surface area (Å²) >= 11 is 0. The topological polar surface area (TPSA) is 21.3 Å². The zero-order chi connectivity index (χ0) is 14.1. The van der Waals surface area contributed by atoms with E-state index in [-0.39, 0.29) is 6.10 Å². The third-order valence-corrected chi connectivity index (χ3v) is 3.27. The molecule has 19 heavy (non-hydrogen) atoms. The standard InChI is InChI=1S/C17H29NO/c1-5-6-7-12-18-13-15(4)19-17-10-8-16(9-11-17)14(2)3/h8-11,14-15,18H,5-7,12-13H2,1-4H3. The van der Waals surface area contributed by atoms with E-state index in [1.807, 2.05) is 0 Å². The fourth-order valence-corrected chi connectivity index (χ4v) is 2.01. The van der Waals surface area contributed by atoms with E-state index in [9.17, 15) is 0 Å². The van der Waals surface area contributed by atoms with Crippen molar-refractivity contribution in [3.63, 3.8) is 0 Å². The molecule has 1 N–H and O–H groups in total. The van der Waals surface area contributed by atoms with Crippen molar-refractivity contribution in [2.45, 2.75) is 59.0 Å². The van der Waals surface area contributed by atoms with Crippen LogP contribution in [0.4, 0.5) is 0 Å². The fourth-order valence-electron chi connectivity index (χ4n) is 2.01. The van der Waals surface area contributed by atoms with Crippen molar-refractivity contribution < 1.29 is 4.74 Å². The Labute approximate surface area is 118 Å². The van der Waals surface area contributed by atoms with Gasteiger partial charge in [0, 0.05) is 6.54 Å². The zero-order valence-corrected chi connectivity index (χ0v) is 12.9. The Morgan fingerprint density at radius 3 is 2.32 bits per heavy atom. The van der Waals surface area contributed by atoms with Crippen molar-refractivity contribution in [1.82, 2.24) is 5.32 Å². The van der Waals surface area contributed by atoms with E-state index in [0.29, 0.717) is 5.92 Å². The summed E-state index contributed by atoms with van der Waals surface area (Å²) in [4.78, 5) is 0. The van der Waals surface area contributed by atoms with Gasteiger partial charge in [0.25, 0.3) is 0 Å². The second-order valence-electron chi connectivity index (χ2n) is 5.56. The highest BCUT2D eigenvalue weighted by molar-refractivity contribution is 5.29. The number of ether oxygens (including phenoxy) is 1. The molecule has 0 saturated heterocycles. The predicted molar refractivity (Wildman–Crippen MR) is 83.0 cm³/mol. The lowest BCUT2D eigenvalue weighted by Crippen LogP contribution is -2.29. The first-order valence-electron chi connectivity index (χ1n) is 7.60. The number of hydrogen-bond acceptors (Lipinski definition) is 2. The molecule has 0 fully saturated rings. The molecule has 0 heterocycles. The Morgan fingerprint density at radius 2 is 1.74 bits per heavy atom. The Bertz CT molecular complexity index is 332. The molecule has 1 unspecified atom stereocenters. The minimum Gasteiger partial charge on any atom is -0.489 e. The summed E-state index contributed by atoms with van der Waals surface area (Å²) in [6.45, 7) is 10.8. The molecule has 0 saturated carbocycles. The van der Waals surface area contributed by atoms with Crippen LogP contribution in [0, 0.1) is 0 Å². The number of nitrogens with one attached hydrogen (secondary N) is 1. The largest absolute Gasteiger partial charge is 0.489 e. The maximum atomic E-state index is 5.89. The molecule has 0 aliphatic carbocycles. The van der Waals surface area contributed by atoms with E-state index in [4.69, 9.17) is 4.74 Å². The van der Waals surface area contributed by atoms with E-state index in [1.165, 1.54) is 24.8 Å². The van der Waals surface area contributed by atoms with Gasteiger partial charge in [-0.05, 0) is 43.5 Å². The van der Waals surface area contributed by atoms with Crippen molar-refractivity contribution in [2.24, 2.45) is 0 Å². The lowest BCUT2D eigenvalue weighted by atomic mass is 10.0. The summed E-state index contributed by atoms with van der Waals surface area (Å²) in [6, 6.07) is 8.45. The van der Waals surface area contributed by atoms with E-state index >= 15 is 0 Å². The minimum atomic E-state index is 0.214. The minimum absolute atomic E-state index is 0.214. The molecule has 2 heteroatoms. The molecule has 0 aliphatic rings. The summed E-state index contributed by atoms with van der Waals surface area (Å²) in [5, 5.41) is 3.44. The number of benzene rings is 1. The van der Waals surface area contributed by atoms with Crippen LogP contribution in [0.1, 0.15) is 58.4 Å². The number of unbranched alkanes of at least 4 members (excludes halogenated alkanes) is 2. The second-order valence-corrected chi connectivity index (χ2v) is 5.56. The molecule has 1 atom stereocenters. The predicted octanol–water partition coefficient (Wildman–Crippen LogP) is 4.36. The van der Waals surface area contributed by atoms with Gasteiger partial charge in [0.2, 0.25) is 0 Å². The highest BCUT2D eigenvalue weighted by Gasteiger charge is 2.04. The maximum Gasteiger partial charge on any atom is 0.119 e. The lowest BCUT2D eigenvalue weighted by Gasteiger charge is -2.16. The van der Waals surface area contributed by atoms with Gasteiger partial charge in [0.15, 0.2) is 0 Å². The monoisotopic (exact) mass is 263 g/mol. The third kappa shape index (κ3) is 6.63. The Kier molecular flexibility index (Phi) is 7.57. The van der Waals surface area contributed by atoms with Crippen LogP contribution in [-0.4, -0.2) is 19.2 Å². The number of rotatable bonds is 9. The summed E-state index contributed by atoms with van der Waals surface area (Å²) in [7, 11) is 0. The summed E-state index contributed by atoms with van der Waals surface area (Å²) < 4.78 is 5.89. The van der Waals surface area contributed by atoms with Gasteiger partial charge in [0.1, 0.15) is 11.9 Å². The molecular weight excluding hydrogens is 234 g/mol.